The lowest BCUT2D eigenvalue weighted by Gasteiger charge is -2.20. The standard InChI is InChI=1S/C20H17FN6/c1-13-14(5-4-10-22-13)15-11-23-19(27-12-24-26-18(15)27)25-20(8-9-20)16-6-2-3-7-17(16)21/h2-7,10-12H,8-9H2,1H3,(H,23,25). The molecule has 4 aromatic rings. The molecule has 1 N–H and O–H groups in total. The van der Waals surface area contributed by atoms with Gasteiger partial charge in [-0.05, 0) is 31.9 Å². The van der Waals surface area contributed by atoms with Crippen LogP contribution in [-0.2, 0) is 5.54 Å². The molecule has 27 heavy (non-hydrogen) atoms. The second kappa shape index (κ2) is 5.84. The third kappa shape index (κ3) is 2.54. The van der Waals surface area contributed by atoms with E-state index in [1.807, 2.05) is 35.6 Å². The van der Waals surface area contributed by atoms with Crippen LogP contribution < -0.4 is 5.32 Å². The fourth-order valence-electron chi connectivity index (χ4n) is 3.52. The monoisotopic (exact) mass is 360 g/mol. The molecule has 7 heteroatoms. The Bertz CT molecular complexity index is 1150. The van der Waals surface area contributed by atoms with E-state index in [2.05, 4.69) is 25.5 Å². The SMILES string of the molecule is Cc1ncccc1-c1cnc(NC2(c3ccccc3F)CC2)n2cnnc12. The van der Waals surface area contributed by atoms with Crippen molar-refractivity contribution in [3.63, 3.8) is 0 Å². The summed E-state index contributed by atoms with van der Waals surface area (Å²) in [6.07, 6.45) is 6.85. The van der Waals surface area contributed by atoms with Crippen LogP contribution in [0.3, 0.4) is 0 Å². The molecule has 1 fully saturated rings. The maximum absolute atomic E-state index is 14.3. The molecule has 1 aromatic carbocycles. The van der Waals surface area contributed by atoms with Crippen LogP contribution in [0.15, 0.2) is 55.1 Å². The Labute approximate surface area is 155 Å². The highest BCUT2D eigenvalue weighted by molar-refractivity contribution is 5.78. The Morgan fingerprint density at radius 2 is 1.93 bits per heavy atom. The lowest BCUT2D eigenvalue weighted by atomic mass is 10.0. The van der Waals surface area contributed by atoms with Gasteiger partial charge in [0.2, 0.25) is 5.95 Å². The molecule has 3 aromatic heterocycles. The Kier molecular flexibility index (Phi) is 3.43. The van der Waals surface area contributed by atoms with E-state index in [1.54, 1.807) is 24.8 Å². The van der Waals surface area contributed by atoms with Crippen molar-refractivity contribution < 1.29 is 4.39 Å². The number of pyridine rings is 1. The number of hydrogen-bond donors (Lipinski definition) is 1. The second-order valence-electron chi connectivity index (χ2n) is 6.84. The Hall–Kier alpha value is -3.35. The molecule has 1 aliphatic rings. The highest BCUT2D eigenvalue weighted by Gasteiger charge is 2.46. The third-order valence-electron chi connectivity index (χ3n) is 5.12. The van der Waals surface area contributed by atoms with Crippen LogP contribution in [0.25, 0.3) is 16.8 Å². The van der Waals surface area contributed by atoms with E-state index in [9.17, 15) is 4.39 Å². The van der Waals surface area contributed by atoms with Crippen molar-refractivity contribution >= 4 is 11.6 Å². The smallest absolute Gasteiger partial charge is 0.210 e. The van der Waals surface area contributed by atoms with Crippen molar-refractivity contribution in [1.29, 1.82) is 0 Å². The zero-order valence-corrected chi connectivity index (χ0v) is 14.7. The molecule has 0 bridgehead atoms. The Morgan fingerprint density at radius 1 is 1.07 bits per heavy atom. The molecular weight excluding hydrogens is 343 g/mol. The first kappa shape index (κ1) is 15.9. The third-order valence-corrected chi connectivity index (χ3v) is 5.12. The summed E-state index contributed by atoms with van der Waals surface area (Å²) in [7, 11) is 0. The van der Waals surface area contributed by atoms with E-state index >= 15 is 0 Å². The summed E-state index contributed by atoms with van der Waals surface area (Å²) < 4.78 is 16.1. The van der Waals surface area contributed by atoms with E-state index in [1.165, 1.54) is 6.07 Å². The summed E-state index contributed by atoms with van der Waals surface area (Å²) >= 11 is 0. The summed E-state index contributed by atoms with van der Waals surface area (Å²) in [4.78, 5) is 8.94. The van der Waals surface area contributed by atoms with E-state index < -0.39 is 5.54 Å². The number of benzene rings is 1. The normalized spacial score (nSPS) is 15.0. The maximum atomic E-state index is 14.3. The van der Waals surface area contributed by atoms with Crippen LogP contribution in [0.4, 0.5) is 10.3 Å². The van der Waals surface area contributed by atoms with Gasteiger partial charge in [0.05, 0.1) is 5.54 Å². The van der Waals surface area contributed by atoms with Gasteiger partial charge in [-0.25, -0.2) is 9.37 Å². The van der Waals surface area contributed by atoms with E-state index in [0.29, 0.717) is 17.2 Å². The van der Waals surface area contributed by atoms with Crippen molar-refractivity contribution in [1.82, 2.24) is 24.6 Å². The molecular formula is C20H17FN6. The quantitative estimate of drug-likeness (QED) is 0.600. The van der Waals surface area contributed by atoms with Gasteiger partial charge in [-0.1, -0.05) is 24.3 Å². The number of aromatic nitrogens is 5. The van der Waals surface area contributed by atoms with Gasteiger partial charge in [-0.3, -0.25) is 9.38 Å². The van der Waals surface area contributed by atoms with Crippen molar-refractivity contribution in [2.45, 2.75) is 25.3 Å². The highest BCUT2D eigenvalue weighted by Crippen LogP contribution is 2.49. The minimum absolute atomic E-state index is 0.204. The number of nitrogens with one attached hydrogen (secondary N) is 1. The molecule has 5 rings (SSSR count). The van der Waals surface area contributed by atoms with Crippen molar-refractivity contribution in [2.75, 3.05) is 5.32 Å². The number of fused-ring (bicyclic) bond motifs is 1. The fourth-order valence-corrected chi connectivity index (χ4v) is 3.52. The number of nitrogens with zero attached hydrogens (tertiary/aromatic N) is 5. The minimum Gasteiger partial charge on any atom is -0.346 e. The number of halogens is 1. The zero-order valence-electron chi connectivity index (χ0n) is 14.7. The van der Waals surface area contributed by atoms with Gasteiger partial charge in [0.25, 0.3) is 0 Å². The van der Waals surface area contributed by atoms with Crippen molar-refractivity contribution in [3.05, 3.63) is 72.2 Å². The first-order valence-electron chi connectivity index (χ1n) is 8.82. The molecule has 0 spiro atoms. The van der Waals surface area contributed by atoms with Crippen LogP contribution in [0, 0.1) is 12.7 Å². The number of hydrogen-bond acceptors (Lipinski definition) is 5. The van der Waals surface area contributed by atoms with Crippen LogP contribution >= 0.6 is 0 Å². The lowest BCUT2D eigenvalue weighted by Crippen LogP contribution is -2.22. The average molecular weight is 360 g/mol. The Balaban J connectivity index is 1.59. The van der Waals surface area contributed by atoms with Gasteiger partial charge in [0.15, 0.2) is 5.65 Å². The van der Waals surface area contributed by atoms with E-state index in [-0.39, 0.29) is 5.82 Å². The van der Waals surface area contributed by atoms with Gasteiger partial charge in [0, 0.05) is 34.8 Å². The predicted molar refractivity (Wildman–Crippen MR) is 99.7 cm³/mol. The predicted octanol–water partition coefficient (Wildman–Crippen LogP) is 3.74. The molecule has 6 nitrogen and oxygen atoms in total. The maximum Gasteiger partial charge on any atom is 0.210 e. The summed E-state index contributed by atoms with van der Waals surface area (Å²) in [6, 6.07) is 10.8. The topological polar surface area (TPSA) is 68.0 Å². The average Bonchev–Trinajstić information content (AvgIpc) is 3.27. The molecule has 0 unspecified atom stereocenters. The van der Waals surface area contributed by atoms with Gasteiger partial charge in [-0.2, -0.15) is 0 Å². The number of rotatable bonds is 4. The van der Waals surface area contributed by atoms with Crippen LogP contribution in [0.2, 0.25) is 0 Å². The highest BCUT2D eigenvalue weighted by atomic mass is 19.1. The first-order valence-corrected chi connectivity index (χ1v) is 8.82. The summed E-state index contributed by atoms with van der Waals surface area (Å²) in [5.41, 5.74) is 3.65. The second-order valence-corrected chi connectivity index (χ2v) is 6.84. The molecule has 0 atom stereocenters. The summed E-state index contributed by atoms with van der Waals surface area (Å²) in [5, 5.41) is 11.8. The van der Waals surface area contributed by atoms with Crippen LogP contribution in [0.1, 0.15) is 24.1 Å². The molecule has 0 amide bonds. The van der Waals surface area contributed by atoms with Crippen LogP contribution in [0.5, 0.6) is 0 Å². The van der Waals surface area contributed by atoms with E-state index in [0.717, 1.165) is 29.7 Å². The van der Waals surface area contributed by atoms with Gasteiger partial charge < -0.3 is 5.32 Å². The van der Waals surface area contributed by atoms with Gasteiger partial charge in [-0.15, -0.1) is 10.2 Å². The number of anilines is 1. The summed E-state index contributed by atoms with van der Waals surface area (Å²) in [6.45, 7) is 1.95. The fraction of sp³-hybridized carbons (Fsp3) is 0.200. The van der Waals surface area contributed by atoms with Crippen molar-refractivity contribution in [2.24, 2.45) is 0 Å². The zero-order chi connectivity index (χ0) is 18.4. The number of aryl methyl sites for hydroxylation is 1. The first-order chi connectivity index (χ1) is 13.2. The summed E-state index contributed by atoms with van der Waals surface area (Å²) in [5.74, 6) is 0.395. The van der Waals surface area contributed by atoms with Gasteiger partial charge >= 0.3 is 0 Å². The van der Waals surface area contributed by atoms with E-state index in [4.69, 9.17) is 0 Å². The van der Waals surface area contributed by atoms with Gasteiger partial charge in [0.1, 0.15) is 12.1 Å². The molecule has 134 valence electrons. The Morgan fingerprint density at radius 3 is 2.70 bits per heavy atom. The molecule has 0 aliphatic heterocycles. The lowest BCUT2D eigenvalue weighted by molar-refractivity contribution is 0.588. The molecule has 1 aliphatic carbocycles. The largest absolute Gasteiger partial charge is 0.346 e. The molecule has 0 saturated heterocycles. The molecule has 1 saturated carbocycles. The molecule has 3 heterocycles. The van der Waals surface area contributed by atoms with Crippen molar-refractivity contribution in [3.8, 4) is 11.1 Å². The minimum atomic E-state index is -0.429. The van der Waals surface area contributed by atoms with Crippen LogP contribution in [-0.4, -0.2) is 24.6 Å². The molecule has 0 radical (unpaired) electrons.